The summed E-state index contributed by atoms with van der Waals surface area (Å²) in [5.41, 5.74) is 7.65. The molecule has 0 saturated heterocycles. The number of anilines is 1. The van der Waals surface area contributed by atoms with Crippen LogP contribution in [0.3, 0.4) is 0 Å². The number of para-hydroxylation sites is 2. The molecule has 3 N–H and O–H groups in total. The predicted molar refractivity (Wildman–Crippen MR) is 84.4 cm³/mol. The summed E-state index contributed by atoms with van der Waals surface area (Å²) in [6, 6.07) is 16.5. The van der Waals surface area contributed by atoms with Crippen molar-refractivity contribution >= 4 is 11.6 Å². The van der Waals surface area contributed by atoms with Crippen LogP contribution in [0.15, 0.2) is 54.6 Å². The van der Waals surface area contributed by atoms with Gasteiger partial charge in [0.2, 0.25) is 5.91 Å². The fourth-order valence-electron chi connectivity index (χ4n) is 2.04. The lowest BCUT2D eigenvalue weighted by molar-refractivity contribution is -0.117. The number of hydrogen-bond acceptors (Lipinski definition) is 3. The minimum absolute atomic E-state index is 0.217. The van der Waals surface area contributed by atoms with Gasteiger partial charge in [-0.1, -0.05) is 42.5 Å². The summed E-state index contributed by atoms with van der Waals surface area (Å²) in [5, 5.41) is 2.83. The van der Waals surface area contributed by atoms with Crippen molar-refractivity contribution in [2.45, 2.75) is 19.4 Å². The molecule has 1 unspecified atom stereocenters. The Balaban J connectivity index is 2.01. The Bertz CT molecular complexity index is 584. The molecule has 0 radical (unpaired) electrons. The lowest BCUT2D eigenvalue weighted by atomic mass is 10.1. The maximum absolute atomic E-state index is 12.2. The number of rotatable bonds is 6. The first-order chi connectivity index (χ1) is 10.2. The van der Waals surface area contributed by atoms with Crippen molar-refractivity contribution in [2.75, 3.05) is 11.9 Å². The van der Waals surface area contributed by atoms with Crippen molar-refractivity contribution in [2.24, 2.45) is 5.73 Å². The number of nitrogens with one attached hydrogen (secondary N) is 1. The molecule has 0 fully saturated rings. The quantitative estimate of drug-likeness (QED) is 0.857. The Morgan fingerprint density at radius 2 is 1.81 bits per heavy atom. The first kappa shape index (κ1) is 15.1. The smallest absolute Gasteiger partial charge is 0.241 e. The molecule has 4 heteroatoms. The molecule has 0 aliphatic rings. The Morgan fingerprint density at radius 1 is 1.14 bits per heavy atom. The summed E-state index contributed by atoms with van der Waals surface area (Å²) < 4.78 is 5.48. The van der Waals surface area contributed by atoms with Crippen LogP contribution in [0.1, 0.15) is 12.5 Å². The van der Waals surface area contributed by atoms with Crippen LogP contribution < -0.4 is 15.8 Å². The normalized spacial score (nSPS) is 11.7. The van der Waals surface area contributed by atoms with Gasteiger partial charge in [0.15, 0.2) is 0 Å². The molecule has 110 valence electrons. The molecule has 2 aromatic carbocycles. The van der Waals surface area contributed by atoms with Crippen LogP contribution in [0.5, 0.6) is 5.75 Å². The molecule has 0 saturated carbocycles. The molecule has 1 amide bonds. The van der Waals surface area contributed by atoms with Gasteiger partial charge < -0.3 is 15.8 Å². The van der Waals surface area contributed by atoms with Crippen molar-refractivity contribution < 1.29 is 9.53 Å². The van der Waals surface area contributed by atoms with Crippen LogP contribution >= 0.6 is 0 Å². The fraction of sp³-hybridized carbons (Fsp3) is 0.235. The zero-order chi connectivity index (χ0) is 15.1. The Morgan fingerprint density at radius 3 is 2.52 bits per heavy atom. The number of hydrogen-bond donors (Lipinski definition) is 2. The SMILES string of the molecule is CCOc1ccccc1NC(=O)C(N)Cc1ccccc1. The summed E-state index contributed by atoms with van der Waals surface area (Å²) in [4.78, 5) is 12.2. The summed E-state index contributed by atoms with van der Waals surface area (Å²) in [6.45, 7) is 2.45. The standard InChI is InChI=1S/C17H20N2O2/c1-2-21-16-11-7-6-10-15(16)19-17(20)14(18)12-13-8-4-3-5-9-13/h3-11,14H,2,12,18H2,1H3,(H,19,20). The van der Waals surface area contributed by atoms with Crippen molar-refractivity contribution in [1.29, 1.82) is 0 Å². The van der Waals surface area contributed by atoms with E-state index in [0.717, 1.165) is 5.56 Å². The number of amides is 1. The minimum Gasteiger partial charge on any atom is -0.492 e. The van der Waals surface area contributed by atoms with Gasteiger partial charge in [0.25, 0.3) is 0 Å². The Hall–Kier alpha value is -2.33. The minimum atomic E-state index is -0.595. The average Bonchev–Trinajstić information content (AvgIpc) is 2.50. The summed E-state index contributed by atoms with van der Waals surface area (Å²) in [5.74, 6) is 0.436. The van der Waals surface area contributed by atoms with E-state index in [1.807, 2.05) is 55.5 Å². The highest BCUT2D eigenvalue weighted by molar-refractivity contribution is 5.96. The molecule has 1 atom stereocenters. The molecule has 0 aromatic heterocycles. The van der Waals surface area contributed by atoms with E-state index >= 15 is 0 Å². The molecule has 2 aromatic rings. The van der Waals surface area contributed by atoms with Gasteiger partial charge in [0.05, 0.1) is 18.3 Å². The molecule has 0 aliphatic heterocycles. The van der Waals surface area contributed by atoms with E-state index in [0.29, 0.717) is 24.5 Å². The van der Waals surface area contributed by atoms with Gasteiger partial charge in [-0.2, -0.15) is 0 Å². The topological polar surface area (TPSA) is 64.3 Å². The molecule has 0 heterocycles. The zero-order valence-corrected chi connectivity index (χ0v) is 12.1. The van der Waals surface area contributed by atoms with Gasteiger partial charge in [-0.3, -0.25) is 4.79 Å². The highest BCUT2D eigenvalue weighted by atomic mass is 16.5. The number of carbonyl (C=O) groups is 1. The second-order valence-corrected chi connectivity index (χ2v) is 4.71. The van der Waals surface area contributed by atoms with Gasteiger partial charge in [-0.25, -0.2) is 0 Å². The largest absolute Gasteiger partial charge is 0.492 e. The van der Waals surface area contributed by atoms with Crippen LogP contribution in [0.25, 0.3) is 0 Å². The maximum Gasteiger partial charge on any atom is 0.241 e. The van der Waals surface area contributed by atoms with E-state index < -0.39 is 6.04 Å². The van der Waals surface area contributed by atoms with E-state index in [9.17, 15) is 4.79 Å². The Kier molecular flexibility index (Phi) is 5.35. The molecule has 0 bridgehead atoms. The second-order valence-electron chi connectivity index (χ2n) is 4.71. The van der Waals surface area contributed by atoms with Gasteiger partial charge in [-0.15, -0.1) is 0 Å². The first-order valence-electron chi connectivity index (χ1n) is 7.03. The Labute approximate surface area is 124 Å². The monoisotopic (exact) mass is 284 g/mol. The van der Waals surface area contributed by atoms with Crippen molar-refractivity contribution in [3.63, 3.8) is 0 Å². The molecular formula is C17H20N2O2. The molecule has 0 spiro atoms. The van der Waals surface area contributed by atoms with Crippen LogP contribution in [-0.4, -0.2) is 18.6 Å². The fourth-order valence-corrected chi connectivity index (χ4v) is 2.04. The van der Waals surface area contributed by atoms with Gasteiger partial charge in [0.1, 0.15) is 5.75 Å². The summed E-state index contributed by atoms with van der Waals surface area (Å²) in [6.07, 6.45) is 0.503. The van der Waals surface area contributed by atoms with E-state index in [-0.39, 0.29) is 5.91 Å². The predicted octanol–water partition coefficient (Wildman–Crippen LogP) is 2.59. The summed E-state index contributed by atoms with van der Waals surface area (Å²) in [7, 11) is 0. The van der Waals surface area contributed by atoms with Gasteiger partial charge >= 0.3 is 0 Å². The van der Waals surface area contributed by atoms with E-state index in [1.54, 1.807) is 6.07 Å². The van der Waals surface area contributed by atoms with E-state index in [4.69, 9.17) is 10.5 Å². The van der Waals surface area contributed by atoms with Gasteiger partial charge in [0, 0.05) is 0 Å². The van der Waals surface area contributed by atoms with Crippen LogP contribution in [0.4, 0.5) is 5.69 Å². The van der Waals surface area contributed by atoms with E-state index in [1.165, 1.54) is 0 Å². The maximum atomic E-state index is 12.2. The molecule has 4 nitrogen and oxygen atoms in total. The number of benzene rings is 2. The van der Waals surface area contributed by atoms with Crippen LogP contribution in [-0.2, 0) is 11.2 Å². The summed E-state index contributed by atoms with van der Waals surface area (Å²) >= 11 is 0. The average molecular weight is 284 g/mol. The van der Waals surface area contributed by atoms with Crippen LogP contribution in [0.2, 0.25) is 0 Å². The third-order valence-corrected chi connectivity index (χ3v) is 3.08. The third kappa shape index (κ3) is 4.33. The molecule has 21 heavy (non-hydrogen) atoms. The lowest BCUT2D eigenvalue weighted by Crippen LogP contribution is -2.37. The first-order valence-corrected chi connectivity index (χ1v) is 7.03. The molecule has 2 rings (SSSR count). The zero-order valence-electron chi connectivity index (χ0n) is 12.1. The lowest BCUT2D eigenvalue weighted by Gasteiger charge is -2.15. The highest BCUT2D eigenvalue weighted by Gasteiger charge is 2.15. The highest BCUT2D eigenvalue weighted by Crippen LogP contribution is 2.23. The third-order valence-electron chi connectivity index (χ3n) is 3.08. The molecular weight excluding hydrogens is 264 g/mol. The second kappa shape index (κ2) is 7.45. The number of nitrogens with two attached hydrogens (primary N) is 1. The van der Waals surface area contributed by atoms with Crippen LogP contribution in [0, 0.1) is 0 Å². The van der Waals surface area contributed by atoms with Crippen molar-refractivity contribution in [3.8, 4) is 5.75 Å². The molecule has 0 aliphatic carbocycles. The number of carbonyl (C=O) groups excluding carboxylic acids is 1. The van der Waals surface area contributed by atoms with Crippen molar-refractivity contribution in [3.05, 3.63) is 60.2 Å². The van der Waals surface area contributed by atoms with E-state index in [2.05, 4.69) is 5.32 Å². The van der Waals surface area contributed by atoms with Gasteiger partial charge in [-0.05, 0) is 31.0 Å². The van der Waals surface area contributed by atoms with Crippen molar-refractivity contribution in [1.82, 2.24) is 0 Å². The number of ether oxygens (including phenoxy) is 1.